The summed E-state index contributed by atoms with van der Waals surface area (Å²) in [7, 11) is 0. The van der Waals surface area contributed by atoms with E-state index in [-0.39, 0.29) is 23.3 Å². The van der Waals surface area contributed by atoms with Crippen LogP contribution in [0.15, 0.2) is 16.9 Å². The molecule has 1 saturated carbocycles. The molecule has 98 valence electrons. The van der Waals surface area contributed by atoms with Gasteiger partial charge in [0.2, 0.25) is 0 Å². The number of hydrogen-bond acceptors (Lipinski definition) is 4. The van der Waals surface area contributed by atoms with Crippen molar-refractivity contribution in [2.45, 2.75) is 31.8 Å². The van der Waals surface area contributed by atoms with Crippen molar-refractivity contribution < 1.29 is 9.90 Å². The summed E-state index contributed by atoms with van der Waals surface area (Å²) in [5, 5.41) is 18.1. The Kier molecular flexibility index (Phi) is 4.09. The SMILES string of the molecule is O=C(NCC1CCC(O)CC1)c1ccc(=O)[nH]n1. The molecule has 0 bridgehead atoms. The molecule has 1 aromatic rings. The van der Waals surface area contributed by atoms with E-state index in [4.69, 9.17) is 0 Å². The molecule has 0 unspecified atom stereocenters. The fraction of sp³-hybridized carbons (Fsp3) is 0.583. The van der Waals surface area contributed by atoms with E-state index in [0.717, 1.165) is 25.7 Å². The molecule has 18 heavy (non-hydrogen) atoms. The molecule has 0 atom stereocenters. The molecule has 2 rings (SSSR count). The molecule has 0 saturated heterocycles. The second kappa shape index (κ2) is 5.77. The van der Waals surface area contributed by atoms with Crippen LogP contribution in [0.3, 0.4) is 0 Å². The summed E-state index contributed by atoms with van der Waals surface area (Å²) in [6.45, 7) is 0.590. The number of carbonyl (C=O) groups excluding carboxylic acids is 1. The van der Waals surface area contributed by atoms with Crippen LogP contribution in [0.4, 0.5) is 0 Å². The van der Waals surface area contributed by atoms with Crippen molar-refractivity contribution in [3.05, 3.63) is 28.2 Å². The molecule has 1 aliphatic rings. The van der Waals surface area contributed by atoms with Crippen molar-refractivity contribution in [3.63, 3.8) is 0 Å². The minimum absolute atomic E-state index is 0.183. The van der Waals surface area contributed by atoms with Crippen molar-refractivity contribution in [3.8, 4) is 0 Å². The number of carbonyl (C=O) groups is 1. The number of nitrogens with zero attached hydrogens (tertiary/aromatic N) is 1. The van der Waals surface area contributed by atoms with E-state index in [2.05, 4.69) is 15.5 Å². The quantitative estimate of drug-likeness (QED) is 0.707. The average Bonchev–Trinajstić information content (AvgIpc) is 2.38. The number of H-pyrrole nitrogens is 1. The van der Waals surface area contributed by atoms with Crippen molar-refractivity contribution >= 4 is 5.91 Å². The Labute approximate surface area is 104 Å². The maximum atomic E-state index is 11.7. The third-order valence-electron chi connectivity index (χ3n) is 3.28. The van der Waals surface area contributed by atoms with Crippen LogP contribution in [0.25, 0.3) is 0 Å². The van der Waals surface area contributed by atoms with Gasteiger partial charge in [0.05, 0.1) is 6.10 Å². The molecule has 3 N–H and O–H groups in total. The maximum Gasteiger partial charge on any atom is 0.271 e. The van der Waals surface area contributed by atoms with Crippen LogP contribution < -0.4 is 10.9 Å². The number of aromatic amines is 1. The van der Waals surface area contributed by atoms with Crippen LogP contribution in [0, 0.1) is 5.92 Å². The molecule has 1 heterocycles. The summed E-state index contributed by atoms with van der Waals surface area (Å²) >= 11 is 0. The molecule has 0 radical (unpaired) electrons. The zero-order valence-electron chi connectivity index (χ0n) is 10.1. The first-order valence-electron chi connectivity index (χ1n) is 6.17. The second-order valence-electron chi connectivity index (χ2n) is 4.69. The Hall–Kier alpha value is -1.69. The van der Waals surface area contributed by atoms with E-state index in [1.165, 1.54) is 12.1 Å². The molecule has 0 aliphatic heterocycles. The van der Waals surface area contributed by atoms with Crippen molar-refractivity contribution in [2.75, 3.05) is 6.54 Å². The normalized spacial score (nSPS) is 23.6. The Balaban J connectivity index is 1.81. The van der Waals surface area contributed by atoms with E-state index in [0.29, 0.717) is 12.5 Å². The number of aliphatic hydroxyl groups excluding tert-OH is 1. The van der Waals surface area contributed by atoms with E-state index < -0.39 is 0 Å². The molecule has 1 fully saturated rings. The summed E-state index contributed by atoms with van der Waals surface area (Å²) in [5.74, 6) is 0.137. The maximum absolute atomic E-state index is 11.7. The zero-order chi connectivity index (χ0) is 13.0. The Morgan fingerprint density at radius 1 is 1.39 bits per heavy atom. The van der Waals surface area contributed by atoms with Crippen molar-refractivity contribution in [1.82, 2.24) is 15.5 Å². The van der Waals surface area contributed by atoms with Gasteiger partial charge in [0, 0.05) is 12.6 Å². The van der Waals surface area contributed by atoms with Crippen LogP contribution in [0.2, 0.25) is 0 Å². The lowest BCUT2D eigenvalue weighted by atomic mass is 9.87. The molecule has 1 amide bonds. The fourth-order valence-corrected chi connectivity index (χ4v) is 2.15. The van der Waals surface area contributed by atoms with Gasteiger partial charge >= 0.3 is 0 Å². The highest BCUT2D eigenvalue weighted by Crippen LogP contribution is 2.23. The fourth-order valence-electron chi connectivity index (χ4n) is 2.15. The first-order chi connectivity index (χ1) is 8.65. The molecule has 0 aromatic carbocycles. The Morgan fingerprint density at radius 3 is 2.72 bits per heavy atom. The Morgan fingerprint density at radius 2 is 2.11 bits per heavy atom. The number of aromatic nitrogens is 2. The minimum atomic E-state index is -0.326. The van der Waals surface area contributed by atoms with Gasteiger partial charge in [-0.05, 0) is 37.7 Å². The topological polar surface area (TPSA) is 95.1 Å². The lowest BCUT2D eigenvalue weighted by Gasteiger charge is -2.25. The summed E-state index contributed by atoms with van der Waals surface area (Å²) in [5.41, 5.74) is -0.113. The number of nitrogens with one attached hydrogen (secondary N) is 2. The predicted octanol–water partition coefficient (Wildman–Crippen LogP) is 0.0508. The van der Waals surface area contributed by atoms with Crippen LogP contribution in [-0.4, -0.2) is 33.9 Å². The van der Waals surface area contributed by atoms with Gasteiger partial charge < -0.3 is 10.4 Å². The van der Waals surface area contributed by atoms with Gasteiger partial charge in [-0.25, -0.2) is 5.10 Å². The standard InChI is InChI=1S/C12H17N3O3/c16-9-3-1-8(2-4-9)7-13-12(18)10-5-6-11(17)15-14-10/h5-6,8-9,16H,1-4,7H2,(H,13,18)(H,15,17). The number of hydrogen-bond donors (Lipinski definition) is 3. The minimum Gasteiger partial charge on any atom is -0.393 e. The molecule has 1 aromatic heterocycles. The second-order valence-corrected chi connectivity index (χ2v) is 4.69. The summed E-state index contributed by atoms with van der Waals surface area (Å²) in [4.78, 5) is 22.5. The smallest absolute Gasteiger partial charge is 0.271 e. The number of amides is 1. The summed E-state index contributed by atoms with van der Waals surface area (Å²) in [6.07, 6.45) is 3.29. The highest BCUT2D eigenvalue weighted by Gasteiger charge is 2.20. The lowest BCUT2D eigenvalue weighted by molar-refractivity contribution is 0.0905. The molecular weight excluding hydrogens is 234 g/mol. The van der Waals surface area contributed by atoms with Crippen LogP contribution >= 0.6 is 0 Å². The van der Waals surface area contributed by atoms with E-state index >= 15 is 0 Å². The average molecular weight is 251 g/mol. The van der Waals surface area contributed by atoms with Gasteiger partial charge in [0.15, 0.2) is 0 Å². The van der Waals surface area contributed by atoms with Crippen LogP contribution in [0.1, 0.15) is 36.2 Å². The first kappa shape index (κ1) is 12.8. The summed E-state index contributed by atoms with van der Waals surface area (Å²) in [6, 6.07) is 2.68. The summed E-state index contributed by atoms with van der Waals surface area (Å²) < 4.78 is 0. The third-order valence-corrected chi connectivity index (χ3v) is 3.28. The van der Waals surface area contributed by atoms with Crippen LogP contribution in [0.5, 0.6) is 0 Å². The Bertz CT molecular complexity index is 443. The van der Waals surface area contributed by atoms with E-state index in [1.807, 2.05) is 0 Å². The van der Waals surface area contributed by atoms with Gasteiger partial charge in [-0.1, -0.05) is 0 Å². The molecular formula is C12H17N3O3. The van der Waals surface area contributed by atoms with Crippen molar-refractivity contribution in [1.29, 1.82) is 0 Å². The van der Waals surface area contributed by atoms with Gasteiger partial charge in [-0.3, -0.25) is 9.59 Å². The van der Waals surface area contributed by atoms with E-state index in [9.17, 15) is 14.7 Å². The molecule has 6 heteroatoms. The lowest BCUT2D eigenvalue weighted by Crippen LogP contribution is -2.33. The first-order valence-corrected chi connectivity index (χ1v) is 6.17. The molecule has 6 nitrogen and oxygen atoms in total. The van der Waals surface area contributed by atoms with Gasteiger partial charge in [0.1, 0.15) is 5.69 Å². The number of rotatable bonds is 3. The highest BCUT2D eigenvalue weighted by atomic mass is 16.3. The zero-order valence-corrected chi connectivity index (χ0v) is 10.1. The van der Waals surface area contributed by atoms with E-state index in [1.54, 1.807) is 0 Å². The van der Waals surface area contributed by atoms with Gasteiger partial charge in [-0.2, -0.15) is 5.10 Å². The number of aliphatic hydroxyl groups is 1. The van der Waals surface area contributed by atoms with Crippen LogP contribution in [-0.2, 0) is 0 Å². The predicted molar refractivity (Wildman–Crippen MR) is 65.2 cm³/mol. The molecule has 0 spiro atoms. The van der Waals surface area contributed by atoms with Gasteiger partial charge in [-0.15, -0.1) is 0 Å². The largest absolute Gasteiger partial charge is 0.393 e. The van der Waals surface area contributed by atoms with Gasteiger partial charge in [0.25, 0.3) is 11.5 Å². The highest BCUT2D eigenvalue weighted by molar-refractivity contribution is 5.91. The monoisotopic (exact) mass is 251 g/mol. The van der Waals surface area contributed by atoms with Crippen molar-refractivity contribution in [2.24, 2.45) is 5.92 Å². The third kappa shape index (κ3) is 3.40. The molecule has 1 aliphatic carbocycles.